The molecule has 0 aliphatic heterocycles. The Labute approximate surface area is 207 Å². The number of aryl methyl sites for hydroxylation is 1. The Balaban J connectivity index is 1.52. The van der Waals surface area contributed by atoms with Crippen molar-refractivity contribution in [3.8, 4) is 22.5 Å². The number of nitrogens with zero attached hydrogens (tertiary/aromatic N) is 2. The summed E-state index contributed by atoms with van der Waals surface area (Å²) in [6.45, 7) is 7.83. The molecule has 0 radical (unpaired) electrons. The quantitative estimate of drug-likeness (QED) is 0.339. The Morgan fingerprint density at radius 2 is 1.71 bits per heavy atom. The van der Waals surface area contributed by atoms with Crippen molar-refractivity contribution >= 4 is 11.7 Å². The molecule has 5 rings (SSSR count). The summed E-state index contributed by atoms with van der Waals surface area (Å²) >= 11 is 0. The van der Waals surface area contributed by atoms with E-state index in [0.717, 1.165) is 59.4 Å². The number of imidazole rings is 1. The van der Waals surface area contributed by atoms with Crippen LogP contribution >= 0.6 is 0 Å². The molecule has 1 aliphatic rings. The molecule has 1 aliphatic carbocycles. The van der Waals surface area contributed by atoms with Crippen molar-refractivity contribution in [1.29, 1.82) is 0 Å². The van der Waals surface area contributed by atoms with Crippen molar-refractivity contribution in [1.82, 2.24) is 14.7 Å². The van der Waals surface area contributed by atoms with Gasteiger partial charge in [-0.3, -0.25) is 4.40 Å². The molecule has 2 aromatic carbocycles. The number of carbonyl (C=O) groups is 1. The lowest BCUT2D eigenvalue weighted by molar-refractivity contribution is 0.0377. The van der Waals surface area contributed by atoms with Crippen molar-refractivity contribution in [2.24, 2.45) is 0 Å². The molecule has 0 unspecified atom stereocenters. The molecular formula is C30H33N3O2. The van der Waals surface area contributed by atoms with E-state index >= 15 is 0 Å². The fourth-order valence-corrected chi connectivity index (χ4v) is 4.83. The first-order valence-electron chi connectivity index (χ1n) is 12.5. The van der Waals surface area contributed by atoms with E-state index < -0.39 is 5.60 Å². The monoisotopic (exact) mass is 467 g/mol. The number of nitrogens with one attached hydrogen (secondary N) is 1. The van der Waals surface area contributed by atoms with Gasteiger partial charge in [-0.05, 0) is 63.6 Å². The molecule has 2 heterocycles. The fraction of sp³-hybridized carbons (Fsp3) is 0.333. The smallest absolute Gasteiger partial charge is 0.408 e. The molecular weight excluding hydrogens is 434 g/mol. The summed E-state index contributed by atoms with van der Waals surface area (Å²) in [5.74, 6) is 0. The van der Waals surface area contributed by atoms with Crippen LogP contribution in [0.2, 0.25) is 0 Å². The third-order valence-corrected chi connectivity index (χ3v) is 6.79. The first-order chi connectivity index (χ1) is 16.8. The minimum absolute atomic E-state index is 0.361. The van der Waals surface area contributed by atoms with Gasteiger partial charge in [0, 0.05) is 17.3 Å². The third kappa shape index (κ3) is 4.55. The summed E-state index contributed by atoms with van der Waals surface area (Å²) in [6.07, 6.45) is 5.71. The Hall–Kier alpha value is -3.60. The van der Waals surface area contributed by atoms with Crippen molar-refractivity contribution in [2.45, 2.75) is 64.5 Å². The number of hydrogen-bond acceptors (Lipinski definition) is 3. The largest absolute Gasteiger partial charge is 0.444 e. The normalized spacial score (nSPS) is 15.0. The number of pyridine rings is 1. The van der Waals surface area contributed by atoms with Crippen LogP contribution in [0.3, 0.4) is 0 Å². The summed E-state index contributed by atoms with van der Waals surface area (Å²) in [4.78, 5) is 17.6. The van der Waals surface area contributed by atoms with Crippen LogP contribution in [0.25, 0.3) is 28.2 Å². The van der Waals surface area contributed by atoms with Gasteiger partial charge in [-0.15, -0.1) is 0 Å². The second kappa shape index (κ2) is 8.88. The highest BCUT2D eigenvalue weighted by Gasteiger charge is 2.41. The number of aromatic nitrogens is 2. The van der Waals surface area contributed by atoms with Gasteiger partial charge in [0.2, 0.25) is 0 Å². The molecule has 2 aromatic heterocycles. The zero-order valence-electron chi connectivity index (χ0n) is 21.0. The maximum Gasteiger partial charge on any atom is 0.408 e. The second-order valence-corrected chi connectivity index (χ2v) is 10.4. The molecule has 180 valence electrons. The van der Waals surface area contributed by atoms with Crippen LogP contribution < -0.4 is 5.32 Å². The summed E-state index contributed by atoms with van der Waals surface area (Å²) in [5, 5.41) is 3.15. The topological polar surface area (TPSA) is 55.6 Å². The van der Waals surface area contributed by atoms with Crippen LogP contribution in [0.5, 0.6) is 0 Å². The van der Waals surface area contributed by atoms with E-state index in [2.05, 4.69) is 83.5 Å². The van der Waals surface area contributed by atoms with E-state index in [1.165, 1.54) is 5.56 Å². The molecule has 1 saturated carbocycles. The predicted octanol–water partition coefficient (Wildman–Crippen LogP) is 7.13. The number of carbonyl (C=O) groups excluding carboxylic acids is 1. The van der Waals surface area contributed by atoms with E-state index in [1.807, 2.05) is 26.8 Å². The van der Waals surface area contributed by atoms with Gasteiger partial charge in [0.05, 0.1) is 16.9 Å². The van der Waals surface area contributed by atoms with E-state index in [-0.39, 0.29) is 11.6 Å². The lowest BCUT2D eigenvalue weighted by Crippen LogP contribution is -2.52. The average molecular weight is 468 g/mol. The number of alkyl carbamates (subject to hydrolysis) is 1. The lowest BCUT2D eigenvalue weighted by atomic mass is 9.71. The molecule has 5 heteroatoms. The van der Waals surface area contributed by atoms with Gasteiger partial charge < -0.3 is 10.1 Å². The van der Waals surface area contributed by atoms with Gasteiger partial charge in [-0.1, -0.05) is 67.6 Å². The molecule has 0 bridgehead atoms. The molecule has 5 nitrogen and oxygen atoms in total. The first-order valence-corrected chi connectivity index (χ1v) is 12.5. The maximum atomic E-state index is 12.5. The van der Waals surface area contributed by atoms with E-state index in [1.54, 1.807) is 0 Å². The van der Waals surface area contributed by atoms with E-state index in [4.69, 9.17) is 9.72 Å². The van der Waals surface area contributed by atoms with Crippen molar-refractivity contribution < 1.29 is 9.53 Å². The molecule has 1 N–H and O–H groups in total. The molecule has 4 aromatic rings. The van der Waals surface area contributed by atoms with Gasteiger partial charge in [0.1, 0.15) is 11.2 Å². The highest BCUT2D eigenvalue weighted by molar-refractivity contribution is 5.82. The number of amides is 1. The third-order valence-electron chi connectivity index (χ3n) is 6.79. The van der Waals surface area contributed by atoms with Crippen LogP contribution in [0.1, 0.15) is 58.1 Å². The average Bonchev–Trinajstić information content (AvgIpc) is 3.19. The van der Waals surface area contributed by atoms with Crippen molar-refractivity contribution in [2.75, 3.05) is 0 Å². The molecule has 1 fully saturated rings. The molecule has 0 atom stereocenters. The molecule has 1 amide bonds. The Bertz CT molecular complexity index is 1340. The second-order valence-electron chi connectivity index (χ2n) is 10.4. The van der Waals surface area contributed by atoms with Crippen LogP contribution in [-0.2, 0) is 16.7 Å². The maximum absolute atomic E-state index is 12.5. The minimum Gasteiger partial charge on any atom is -0.444 e. The van der Waals surface area contributed by atoms with Crippen LogP contribution in [-0.4, -0.2) is 21.1 Å². The number of hydrogen-bond donors (Lipinski definition) is 1. The summed E-state index contributed by atoms with van der Waals surface area (Å²) < 4.78 is 7.74. The fourth-order valence-electron chi connectivity index (χ4n) is 4.83. The molecule has 0 spiro atoms. The number of benzene rings is 2. The van der Waals surface area contributed by atoms with Gasteiger partial charge >= 0.3 is 6.09 Å². The summed E-state index contributed by atoms with van der Waals surface area (Å²) in [6, 6.07) is 23.2. The zero-order chi connectivity index (χ0) is 24.6. The van der Waals surface area contributed by atoms with Crippen LogP contribution in [0.4, 0.5) is 4.79 Å². The summed E-state index contributed by atoms with van der Waals surface area (Å²) in [7, 11) is 0. The van der Waals surface area contributed by atoms with Gasteiger partial charge in [-0.2, -0.15) is 0 Å². The zero-order valence-corrected chi connectivity index (χ0v) is 21.0. The Morgan fingerprint density at radius 3 is 2.31 bits per heavy atom. The van der Waals surface area contributed by atoms with Gasteiger partial charge in [0.25, 0.3) is 0 Å². The first kappa shape index (κ1) is 23.2. The molecule has 0 saturated heterocycles. The van der Waals surface area contributed by atoms with Crippen LogP contribution in [0, 0.1) is 0 Å². The van der Waals surface area contributed by atoms with Crippen molar-refractivity contribution in [3.63, 3.8) is 0 Å². The van der Waals surface area contributed by atoms with E-state index in [0.29, 0.717) is 0 Å². The van der Waals surface area contributed by atoms with Crippen molar-refractivity contribution in [3.05, 3.63) is 84.1 Å². The van der Waals surface area contributed by atoms with Gasteiger partial charge in [-0.25, -0.2) is 9.78 Å². The Kier molecular flexibility index (Phi) is 5.87. The van der Waals surface area contributed by atoms with Gasteiger partial charge in [0.15, 0.2) is 0 Å². The highest BCUT2D eigenvalue weighted by Crippen LogP contribution is 2.42. The predicted molar refractivity (Wildman–Crippen MR) is 140 cm³/mol. The SMILES string of the molecule is CCc1ccc2nc(-c3ccc(C4(NC(=O)OC(C)(C)C)CCC4)cc3)c(-c3ccccc3)n2c1. The number of ether oxygens (including phenoxy) is 1. The Morgan fingerprint density at radius 1 is 1.00 bits per heavy atom. The number of fused-ring (bicyclic) bond motifs is 1. The minimum atomic E-state index is -0.520. The molecule has 35 heavy (non-hydrogen) atoms. The lowest BCUT2D eigenvalue weighted by Gasteiger charge is -2.43. The highest BCUT2D eigenvalue weighted by atomic mass is 16.6. The summed E-state index contributed by atoms with van der Waals surface area (Å²) in [5.41, 5.74) is 6.67. The van der Waals surface area contributed by atoms with Crippen LogP contribution in [0.15, 0.2) is 72.9 Å². The number of rotatable bonds is 5. The van der Waals surface area contributed by atoms with E-state index in [9.17, 15) is 4.79 Å². The standard InChI is InChI=1S/C30H33N3O2/c1-5-21-12-17-25-31-26(27(33(25)20-21)23-10-7-6-8-11-23)22-13-15-24(16-14-22)30(18-9-19-30)32-28(34)35-29(2,3)4/h6-8,10-17,20H,5,9,18-19H2,1-4H3,(H,32,34).